The van der Waals surface area contributed by atoms with E-state index < -0.39 is 0 Å². The molecule has 0 fully saturated rings. The van der Waals surface area contributed by atoms with E-state index >= 15 is 0 Å². The maximum atomic E-state index is 5.16. The summed E-state index contributed by atoms with van der Waals surface area (Å²) in [6.45, 7) is 0. The number of rotatable bonds is 3. The highest BCUT2D eigenvalue weighted by Crippen LogP contribution is 2.45. The molecule has 3 aromatic heterocycles. The van der Waals surface area contributed by atoms with Crippen LogP contribution in [0.3, 0.4) is 0 Å². The zero-order valence-corrected chi connectivity index (χ0v) is 26.3. The number of thiophene rings is 2. The fraction of sp³-hybridized carbons (Fsp3) is 0. The van der Waals surface area contributed by atoms with Crippen molar-refractivity contribution < 1.29 is 0 Å². The van der Waals surface area contributed by atoms with Crippen LogP contribution in [0.5, 0.6) is 0 Å². The third-order valence-electron chi connectivity index (χ3n) is 9.26. The SMILES string of the molecule is c1ccc(-c2nc3ccccc3c3c2ccc2c4cc(-c5cccc(-c6cccc7c6sc6ccccc67)c5)ccc4sc23)cc1. The maximum absolute atomic E-state index is 5.16. The molecule has 0 aliphatic rings. The summed E-state index contributed by atoms with van der Waals surface area (Å²) in [5.41, 5.74) is 8.24. The molecule has 0 radical (unpaired) electrons. The molecule has 1 nitrogen and oxygen atoms in total. The van der Waals surface area contributed by atoms with Gasteiger partial charge < -0.3 is 0 Å². The predicted molar refractivity (Wildman–Crippen MR) is 201 cm³/mol. The van der Waals surface area contributed by atoms with E-state index in [0.29, 0.717) is 0 Å². The van der Waals surface area contributed by atoms with E-state index in [9.17, 15) is 0 Å². The molecule has 7 aromatic carbocycles. The first-order chi connectivity index (χ1) is 22.8. The van der Waals surface area contributed by atoms with Gasteiger partial charge in [-0.05, 0) is 52.6 Å². The summed E-state index contributed by atoms with van der Waals surface area (Å²) in [7, 11) is 0. The van der Waals surface area contributed by atoms with Gasteiger partial charge >= 0.3 is 0 Å². The molecule has 0 N–H and O–H groups in total. The van der Waals surface area contributed by atoms with Crippen molar-refractivity contribution in [1.29, 1.82) is 0 Å². The number of hydrogen-bond donors (Lipinski definition) is 0. The van der Waals surface area contributed by atoms with Crippen LogP contribution in [0.2, 0.25) is 0 Å². The Kier molecular flexibility index (Phi) is 5.68. The molecule has 0 bridgehead atoms. The Bertz CT molecular complexity index is 2800. The molecule has 3 heterocycles. The highest BCUT2D eigenvalue weighted by atomic mass is 32.1. The van der Waals surface area contributed by atoms with Gasteiger partial charge in [0, 0.05) is 62.1 Å². The third kappa shape index (κ3) is 3.89. The number of para-hydroxylation sites is 1. The van der Waals surface area contributed by atoms with Gasteiger partial charge in [0.1, 0.15) is 0 Å². The maximum Gasteiger partial charge on any atom is 0.0788 e. The normalized spacial score (nSPS) is 11.9. The van der Waals surface area contributed by atoms with E-state index in [-0.39, 0.29) is 0 Å². The van der Waals surface area contributed by atoms with E-state index in [1.807, 2.05) is 22.7 Å². The second-order valence-electron chi connectivity index (χ2n) is 11.9. The van der Waals surface area contributed by atoms with Crippen molar-refractivity contribution in [3.8, 4) is 33.5 Å². The van der Waals surface area contributed by atoms with Gasteiger partial charge in [0.05, 0.1) is 11.2 Å². The van der Waals surface area contributed by atoms with Crippen molar-refractivity contribution in [2.45, 2.75) is 0 Å². The van der Waals surface area contributed by atoms with Crippen LogP contribution >= 0.6 is 22.7 Å². The topological polar surface area (TPSA) is 12.9 Å². The quantitative estimate of drug-likeness (QED) is 0.179. The number of fused-ring (bicyclic) bond motifs is 10. The number of hydrogen-bond acceptors (Lipinski definition) is 3. The van der Waals surface area contributed by atoms with Gasteiger partial charge in [-0.25, -0.2) is 4.98 Å². The van der Waals surface area contributed by atoms with E-state index in [0.717, 1.165) is 16.8 Å². The Morgan fingerprint density at radius 2 is 1.02 bits per heavy atom. The fourth-order valence-corrected chi connectivity index (χ4v) is 9.59. The average molecular weight is 620 g/mol. The van der Waals surface area contributed by atoms with Gasteiger partial charge in [0.15, 0.2) is 0 Å². The summed E-state index contributed by atoms with van der Waals surface area (Å²) in [5.74, 6) is 0. The molecule has 0 unspecified atom stereocenters. The summed E-state index contributed by atoms with van der Waals surface area (Å²) < 4.78 is 5.32. The van der Waals surface area contributed by atoms with Crippen LogP contribution in [0.1, 0.15) is 0 Å². The summed E-state index contributed by atoms with van der Waals surface area (Å²) in [5, 5.41) is 8.98. The van der Waals surface area contributed by atoms with E-state index in [2.05, 4.69) is 152 Å². The highest BCUT2D eigenvalue weighted by molar-refractivity contribution is 7.27. The van der Waals surface area contributed by atoms with Gasteiger partial charge in [0.2, 0.25) is 0 Å². The lowest BCUT2D eigenvalue weighted by Crippen LogP contribution is -1.89. The minimum atomic E-state index is 1.03. The molecule has 0 aliphatic carbocycles. The van der Waals surface area contributed by atoms with Crippen LogP contribution in [-0.4, -0.2) is 4.98 Å². The first-order valence-corrected chi connectivity index (χ1v) is 17.2. The van der Waals surface area contributed by atoms with Gasteiger partial charge in [-0.3, -0.25) is 0 Å². The van der Waals surface area contributed by atoms with Crippen LogP contribution in [0.15, 0.2) is 152 Å². The van der Waals surface area contributed by atoms with Crippen molar-refractivity contribution in [1.82, 2.24) is 4.98 Å². The summed E-state index contributed by atoms with van der Waals surface area (Å²) in [6, 6.07) is 55.2. The van der Waals surface area contributed by atoms with Gasteiger partial charge in [-0.1, -0.05) is 121 Å². The molecule has 10 rings (SSSR count). The molecule has 0 saturated heterocycles. The van der Waals surface area contributed by atoms with Crippen LogP contribution in [0.4, 0.5) is 0 Å². The molecule has 0 aliphatic heterocycles. The van der Waals surface area contributed by atoms with Crippen LogP contribution < -0.4 is 0 Å². The van der Waals surface area contributed by atoms with Crippen LogP contribution in [0, 0.1) is 0 Å². The Balaban J connectivity index is 1.16. The van der Waals surface area contributed by atoms with E-state index in [1.54, 1.807) is 0 Å². The lowest BCUT2D eigenvalue weighted by molar-refractivity contribution is 1.43. The number of nitrogens with zero attached hydrogens (tertiary/aromatic N) is 1. The zero-order valence-electron chi connectivity index (χ0n) is 24.7. The van der Waals surface area contributed by atoms with Crippen molar-refractivity contribution >= 4 is 84.7 Å². The average Bonchev–Trinajstić information content (AvgIpc) is 3.70. The molecular weight excluding hydrogens is 595 g/mol. The second-order valence-corrected chi connectivity index (χ2v) is 14.0. The standard InChI is InChI=1S/C43H25NS2/c1-2-10-26(11-3-1)41-35-22-21-33-36-25-28(20-23-39(36)46-43(33)40(35)34-15-4-6-18-37(34)44-41)27-12-8-13-29(24-27)30-16-9-17-32-31-14-5-7-19-38(31)45-42(30)32/h1-25H. The Morgan fingerprint density at radius 1 is 0.370 bits per heavy atom. The van der Waals surface area contributed by atoms with Gasteiger partial charge in [-0.2, -0.15) is 0 Å². The smallest absolute Gasteiger partial charge is 0.0788 e. The molecule has 10 aromatic rings. The molecule has 0 atom stereocenters. The van der Waals surface area contributed by atoms with Crippen molar-refractivity contribution in [3.05, 3.63) is 152 Å². The Hall–Kier alpha value is -5.35. The minimum absolute atomic E-state index is 1.03. The summed E-state index contributed by atoms with van der Waals surface area (Å²) in [6.07, 6.45) is 0. The largest absolute Gasteiger partial charge is 0.247 e. The summed E-state index contributed by atoms with van der Waals surface area (Å²) in [4.78, 5) is 5.16. The molecule has 0 saturated carbocycles. The summed E-state index contributed by atoms with van der Waals surface area (Å²) >= 11 is 3.78. The molecule has 46 heavy (non-hydrogen) atoms. The second kappa shape index (κ2) is 10.1. The van der Waals surface area contributed by atoms with Crippen LogP contribution in [0.25, 0.3) is 95.5 Å². The number of benzene rings is 7. The molecule has 214 valence electrons. The lowest BCUT2D eigenvalue weighted by Gasteiger charge is -2.11. The molecular formula is C43H25NS2. The lowest BCUT2D eigenvalue weighted by atomic mass is 9.96. The molecule has 0 amide bonds. The Morgan fingerprint density at radius 3 is 1.96 bits per heavy atom. The predicted octanol–water partition coefficient (Wildman–Crippen LogP) is 13.1. The van der Waals surface area contributed by atoms with Crippen molar-refractivity contribution in [2.24, 2.45) is 0 Å². The monoisotopic (exact) mass is 619 g/mol. The van der Waals surface area contributed by atoms with Crippen LogP contribution in [-0.2, 0) is 0 Å². The Labute approximate surface area is 273 Å². The zero-order chi connectivity index (χ0) is 30.2. The van der Waals surface area contributed by atoms with Crippen molar-refractivity contribution in [3.63, 3.8) is 0 Å². The molecule has 0 spiro atoms. The van der Waals surface area contributed by atoms with Gasteiger partial charge in [0.25, 0.3) is 0 Å². The number of pyridine rings is 1. The fourth-order valence-electron chi connectivity index (χ4n) is 7.10. The first kappa shape index (κ1) is 25.9. The van der Waals surface area contributed by atoms with Crippen molar-refractivity contribution in [2.75, 3.05) is 0 Å². The highest BCUT2D eigenvalue weighted by Gasteiger charge is 2.17. The van der Waals surface area contributed by atoms with E-state index in [4.69, 9.17) is 4.98 Å². The number of aromatic nitrogens is 1. The molecule has 3 heteroatoms. The first-order valence-electron chi connectivity index (χ1n) is 15.5. The minimum Gasteiger partial charge on any atom is -0.247 e. The third-order valence-corrected chi connectivity index (χ3v) is 11.7. The van der Waals surface area contributed by atoms with E-state index in [1.165, 1.54) is 78.8 Å². The van der Waals surface area contributed by atoms with Gasteiger partial charge in [-0.15, -0.1) is 22.7 Å².